The van der Waals surface area contributed by atoms with Crippen molar-refractivity contribution in [3.8, 4) is 5.88 Å². The van der Waals surface area contributed by atoms with Gasteiger partial charge in [0.25, 0.3) is 0 Å². The highest BCUT2D eigenvalue weighted by atomic mass is 19.1. The first kappa shape index (κ1) is 24.1. The minimum absolute atomic E-state index is 0.105. The predicted molar refractivity (Wildman–Crippen MR) is 116 cm³/mol. The van der Waals surface area contributed by atoms with E-state index in [-0.39, 0.29) is 24.9 Å². The van der Waals surface area contributed by atoms with E-state index in [2.05, 4.69) is 20.2 Å². The van der Waals surface area contributed by atoms with Crippen LogP contribution in [-0.2, 0) is 9.47 Å². The number of fused-ring (bicyclic) bond motifs is 1. The minimum Gasteiger partial charge on any atom is -0.481 e. The zero-order valence-electron chi connectivity index (χ0n) is 18.9. The van der Waals surface area contributed by atoms with Crippen molar-refractivity contribution in [3.05, 3.63) is 29.7 Å². The summed E-state index contributed by atoms with van der Waals surface area (Å²) in [6.07, 6.45) is 0.334. The molecule has 1 fully saturated rings. The summed E-state index contributed by atoms with van der Waals surface area (Å²) in [7, 11) is 1.49. The highest BCUT2D eigenvalue weighted by molar-refractivity contribution is 5.79. The van der Waals surface area contributed by atoms with Crippen molar-refractivity contribution in [3.63, 3.8) is 0 Å². The molecule has 2 aromatic rings. The van der Waals surface area contributed by atoms with Crippen LogP contribution in [0.3, 0.4) is 0 Å². The second kappa shape index (κ2) is 10.4. The third-order valence-corrected chi connectivity index (χ3v) is 5.09. The van der Waals surface area contributed by atoms with Gasteiger partial charge >= 0.3 is 6.09 Å². The molecule has 3 rings (SSSR count). The largest absolute Gasteiger partial charge is 0.481 e. The number of nitrogens with zero attached hydrogens (tertiary/aromatic N) is 3. The molecule has 0 radical (unpaired) electrons. The quantitative estimate of drug-likeness (QED) is 0.661. The number of morpholine rings is 1. The summed E-state index contributed by atoms with van der Waals surface area (Å²) in [5.74, 6) is -0.701. The fourth-order valence-electron chi connectivity index (χ4n) is 3.66. The molecule has 1 aliphatic heterocycles. The number of alkyl carbamates (subject to hydrolysis) is 1. The van der Waals surface area contributed by atoms with E-state index in [1.54, 1.807) is 12.1 Å². The lowest BCUT2D eigenvalue weighted by Crippen LogP contribution is -2.47. The van der Waals surface area contributed by atoms with Crippen molar-refractivity contribution >= 4 is 17.1 Å². The number of aliphatic hydroxyl groups excluding tert-OH is 1. The molecule has 9 nitrogen and oxygen atoms in total. The van der Waals surface area contributed by atoms with E-state index in [1.165, 1.54) is 7.11 Å². The van der Waals surface area contributed by atoms with Gasteiger partial charge in [-0.2, -0.15) is 0 Å². The Morgan fingerprint density at radius 2 is 2.22 bits per heavy atom. The molecule has 0 saturated carbocycles. The Morgan fingerprint density at radius 3 is 2.91 bits per heavy atom. The van der Waals surface area contributed by atoms with Crippen molar-refractivity contribution in [1.82, 2.24) is 20.2 Å². The second-order valence-corrected chi connectivity index (χ2v) is 8.85. The van der Waals surface area contributed by atoms with E-state index in [9.17, 15) is 14.3 Å². The van der Waals surface area contributed by atoms with E-state index in [0.717, 1.165) is 6.20 Å². The summed E-state index contributed by atoms with van der Waals surface area (Å²) in [6.45, 7) is 7.38. The van der Waals surface area contributed by atoms with Gasteiger partial charge in [-0.1, -0.05) is 0 Å². The van der Waals surface area contributed by atoms with Gasteiger partial charge < -0.3 is 24.6 Å². The maximum Gasteiger partial charge on any atom is 0.407 e. The molecular weight excluding hydrogens is 419 g/mol. The summed E-state index contributed by atoms with van der Waals surface area (Å²) in [4.78, 5) is 22.4. The van der Waals surface area contributed by atoms with Crippen LogP contribution < -0.4 is 10.1 Å². The molecule has 1 amide bonds. The van der Waals surface area contributed by atoms with Crippen molar-refractivity contribution in [2.75, 3.05) is 46.6 Å². The van der Waals surface area contributed by atoms with Gasteiger partial charge in [-0.25, -0.2) is 14.2 Å². The smallest absolute Gasteiger partial charge is 0.407 e. The molecule has 0 aromatic carbocycles. The van der Waals surface area contributed by atoms with E-state index < -0.39 is 17.8 Å². The maximum atomic E-state index is 14.8. The van der Waals surface area contributed by atoms with Gasteiger partial charge in [-0.3, -0.25) is 9.88 Å². The van der Waals surface area contributed by atoms with Crippen LogP contribution in [0.4, 0.5) is 9.18 Å². The summed E-state index contributed by atoms with van der Waals surface area (Å²) in [6, 6.07) is 3.37. The standard InChI is InChI=1S/C22H31FN4O5/c1-22(2,3)26-21(29)32-13-15-11-27(7-8-31-15)10-14(12-28)19-16(23)9-24-17-5-6-18(30-4)25-20(17)19/h5-6,9,14-15,28H,7-8,10-13H2,1-4H3,(H,26,29)/t14-,15-/m0/s1. The Kier molecular flexibility index (Phi) is 7.81. The number of pyridine rings is 2. The summed E-state index contributed by atoms with van der Waals surface area (Å²) < 4.78 is 31.0. The SMILES string of the molecule is COc1ccc2ncc(F)c([C@H](CO)CN3CCO[C@H](COC(=O)NC(C)(C)C)C3)c2n1. The average Bonchev–Trinajstić information content (AvgIpc) is 2.75. The molecule has 32 heavy (non-hydrogen) atoms. The molecule has 2 aromatic heterocycles. The Morgan fingerprint density at radius 1 is 1.44 bits per heavy atom. The van der Waals surface area contributed by atoms with Gasteiger partial charge in [0.15, 0.2) is 0 Å². The number of aliphatic hydroxyl groups is 1. The van der Waals surface area contributed by atoms with Crippen LogP contribution >= 0.6 is 0 Å². The number of hydrogen-bond acceptors (Lipinski definition) is 8. The van der Waals surface area contributed by atoms with E-state index >= 15 is 0 Å². The number of halogens is 1. The van der Waals surface area contributed by atoms with Crippen LogP contribution in [0.25, 0.3) is 11.0 Å². The normalized spacial score (nSPS) is 18.4. The lowest BCUT2D eigenvalue weighted by atomic mass is 9.97. The van der Waals surface area contributed by atoms with Crippen LogP contribution in [0.2, 0.25) is 0 Å². The zero-order chi connectivity index (χ0) is 23.3. The topological polar surface area (TPSA) is 106 Å². The van der Waals surface area contributed by atoms with Crippen molar-refractivity contribution < 1.29 is 28.5 Å². The van der Waals surface area contributed by atoms with Gasteiger partial charge in [-0.15, -0.1) is 0 Å². The van der Waals surface area contributed by atoms with Gasteiger partial charge in [0.05, 0.1) is 37.6 Å². The van der Waals surface area contributed by atoms with Crippen LogP contribution in [0.1, 0.15) is 32.3 Å². The first-order valence-corrected chi connectivity index (χ1v) is 10.6. The molecule has 1 aliphatic rings. The van der Waals surface area contributed by atoms with Gasteiger partial charge in [-0.05, 0) is 26.8 Å². The molecule has 0 aliphatic carbocycles. The molecule has 176 valence electrons. The average molecular weight is 451 g/mol. The molecule has 2 N–H and O–H groups in total. The minimum atomic E-state index is -0.524. The fraction of sp³-hybridized carbons (Fsp3) is 0.591. The number of methoxy groups -OCH3 is 1. The third kappa shape index (κ3) is 6.24. The van der Waals surface area contributed by atoms with Crippen molar-refractivity contribution in [2.24, 2.45) is 0 Å². The molecule has 0 bridgehead atoms. The monoisotopic (exact) mass is 450 g/mol. The van der Waals surface area contributed by atoms with Crippen molar-refractivity contribution in [1.29, 1.82) is 0 Å². The number of ether oxygens (including phenoxy) is 3. The lowest BCUT2D eigenvalue weighted by molar-refractivity contribution is -0.0580. The highest BCUT2D eigenvalue weighted by Crippen LogP contribution is 2.28. The van der Waals surface area contributed by atoms with E-state index in [4.69, 9.17) is 14.2 Å². The fourth-order valence-corrected chi connectivity index (χ4v) is 3.66. The van der Waals surface area contributed by atoms with Crippen LogP contribution in [0, 0.1) is 5.82 Å². The molecule has 3 heterocycles. The molecular formula is C22H31FN4O5. The van der Waals surface area contributed by atoms with Gasteiger partial charge in [0, 0.05) is 42.7 Å². The number of aromatic nitrogens is 2. The Hall–Kier alpha value is -2.56. The van der Waals surface area contributed by atoms with Crippen LogP contribution in [-0.4, -0.2) is 84.3 Å². The van der Waals surface area contributed by atoms with Crippen LogP contribution in [0.15, 0.2) is 18.3 Å². The van der Waals surface area contributed by atoms with E-state index in [1.807, 2.05) is 20.8 Å². The molecule has 10 heteroatoms. The summed E-state index contributed by atoms with van der Waals surface area (Å²) in [5, 5.41) is 12.8. The Balaban J connectivity index is 1.69. The summed E-state index contributed by atoms with van der Waals surface area (Å²) >= 11 is 0. The number of amides is 1. The molecule has 2 atom stereocenters. The van der Waals surface area contributed by atoms with Gasteiger partial charge in [0.2, 0.25) is 5.88 Å². The zero-order valence-corrected chi connectivity index (χ0v) is 18.9. The Bertz CT molecular complexity index is 936. The maximum absolute atomic E-state index is 14.8. The summed E-state index contributed by atoms with van der Waals surface area (Å²) in [5.41, 5.74) is 0.813. The first-order chi connectivity index (χ1) is 15.2. The highest BCUT2D eigenvalue weighted by Gasteiger charge is 2.28. The Labute approximate surface area is 186 Å². The van der Waals surface area contributed by atoms with Gasteiger partial charge in [0.1, 0.15) is 18.5 Å². The van der Waals surface area contributed by atoms with Crippen molar-refractivity contribution in [2.45, 2.75) is 38.3 Å². The second-order valence-electron chi connectivity index (χ2n) is 8.85. The molecule has 1 saturated heterocycles. The van der Waals surface area contributed by atoms with E-state index in [0.29, 0.717) is 48.7 Å². The number of hydrogen-bond donors (Lipinski definition) is 2. The molecule has 0 spiro atoms. The third-order valence-electron chi connectivity index (χ3n) is 5.09. The number of nitrogens with one attached hydrogen (secondary N) is 1. The first-order valence-electron chi connectivity index (χ1n) is 10.6. The molecule has 0 unspecified atom stereocenters. The number of carbonyl (C=O) groups excluding carboxylic acids is 1. The lowest BCUT2D eigenvalue weighted by Gasteiger charge is -2.34. The van der Waals surface area contributed by atoms with Crippen LogP contribution in [0.5, 0.6) is 5.88 Å². The number of carbonyl (C=O) groups is 1. The predicted octanol–water partition coefficient (Wildman–Crippen LogP) is 2.08. The number of rotatable bonds is 7.